The van der Waals surface area contributed by atoms with E-state index in [4.69, 9.17) is 23.7 Å². The molecule has 0 spiro atoms. The zero-order chi connectivity index (χ0) is 53.3. The lowest BCUT2D eigenvalue weighted by Crippen LogP contribution is -2.61. The molecule has 1 saturated heterocycles. The van der Waals surface area contributed by atoms with Crippen molar-refractivity contribution in [2.75, 3.05) is 13.2 Å². The lowest BCUT2D eigenvalue weighted by atomic mass is 9.98. The van der Waals surface area contributed by atoms with Crippen molar-refractivity contribution in [1.82, 2.24) is 0 Å². The standard InChI is InChI=1S/C61H102O12/c1-4-7-10-13-16-19-22-24-25-26-27-28-29-31-33-35-38-41-44-47-53(62)69-50-52(71-54(63)48-45-42-39-37-34-30-23-20-17-14-11-8-5-2)51-70-61-59(57(66)56(65)58(73-61)60(67)68)72-55(64)49-46-43-40-36-32-21-18-15-12-9-6-3/h8,11,16-17,19-20,24-25,27-28,30,34,52,56-59,61,65-66H,4-7,9-10,12-15,18,21-23,26,29,31-33,35-51H2,1-3H3,(H,67,68)/b11-8-,19-16-,20-17-,25-24-,28-27-,34-30-. The van der Waals surface area contributed by atoms with Gasteiger partial charge < -0.3 is 39.0 Å². The van der Waals surface area contributed by atoms with Crippen LogP contribution in [0, 0.1) is 0 Å². The zero-order valence-corrected chi connectivity index (χ0v) is 45.9. The van der Waals surface area contributed by atoms with Crippen LogP contribution in [0.15, 0.2) is 72.9 Å². The highest BCUT2D eigenvalue weighted by Crippen LogP contribution is 2.26. The van der Waals surface area contributed by atoms with Gasteiger partial charge in [0.2, 0.25) is 0 Å². The number of esters is 3. The first kappa shape index (κ1) is 67.2. The highest BCUT2D eigenvalue weighted by Gasteiger charge is 2.50. The van der Waals surface area contributed by atoms with Gasteiger partial charge in [-0.3, -0.25) is 14.4 Å². The monoisotopic (exact) mass is 1030 g/mol. The predicted octanol–water partition coefficient (Wildman–Crippen LogP) is 14.6. The van der Waals surface area contributed by atoms with Crippen LogP contribution < -0.4 is 0 Å². The molecule has 1 rings (SSSR count). The van der Waals surface area contributed by atoms with E-state index in [0.717, 1.165) is 116 Å². The largest absolute Gasteiger partial charge is 0.479 e. The molecule has 6 atom stereocenters. The number of allylic oxidation sites excluding steroid dienone is 12. The Morgan fingerprint density at radius 2 is 0.863 bits per heavy atom. The molecule has 0 saturated carbocycles. The molecule has 1 aliphatic heterocycles. The Morgan fingerprint density at radius 1 is 0.466 bits per heavy atom. The van der Waals surface area contributed by atoms with E-state index < -0.39 is 67.3 Å². The van der Waals surface area contributed by atoms with E-state index in [1.165, 1.54) is 64.2 Å². The van der Waals surface area contributed by atoms with Crippen molar-refractivity contribution >= 4 is 23.9 Å². The van der Waals surface area contributed by atoms with Crippen molar-refractivity contribution in [3.8, 4) is 0 Å². The van der Waals surface area contributed by atoms with Gasteiger partial charge in [-0.1, -0.05) is 203 Å². The van der Waals surface area contributed by atoms with E-state index >= 15 is 0 Å². The fourth-order valence-corrected chi connectivity index (χ4v) is 8.33. The van der Waals surface area contributed by atoms with E-state index in [1.807, 2.05) is 0 Å². The third-order valence-electron chi connectivity index (χ3n) is 12.8. The van der Waals surface area contributed by atoms with Gasteiger partial charge in [0.05, 0.1) is 6.61 Å². The van der Waals surface area contributed by atoms with Gasteiger partial charge in [0.25, 0.3) is 0 Å². The third-order valence-corrected chi connectivity index (χ3v) is 12.8. The maximum atomic E-state index is 13.1. The number of carbonyl (C=O) groups excluding carboxylic acids is 3. The number of carbonyl (C=O) groups is 4. The summed E-state index contributed by atoms with van der Waals surface area (Å²) >= 11 is 0. The third kappa shape index (κ3) is 39.3. The number of carboxylic acid groups (broad SMARTS) is 1. The number of aliphatic carboxylic acids is 1. The molecular formula is C61H102O12. The lowest BCUT2D eigenvalue weighted by molar-refractivity contribution is -0.301. The summed E-state index contributed by atoms with van der Waals surface area (Å²) in [7, 11) is 0. The van der Waals surface area contributed by atoms with Crippen molar-refractivity contribution in [2.45, 2.75) is 276 Å². The first-order valence-corrected chi connectivity index (χ1v) is 28.9. The lowest BCUT2D eigenvalue weighted by Gasteiger charge is -2.40. The van der Waals surface area contributed by atoms with Crippen molar-refractivity contribution in [3.63, 3.8) is 0 Å². The minimum Gasteiger partial charge on any atom is -0.479 e. The predicted molar refractivity (Wildman–Crippen MR) is 294 cm³/mol. The summed E-state index contributed by atoms with van der Waals surface area (Å²) in [6.45, 7) is 5.79. The Kier molecular flexibility index (Phi) is 45.1. The van der Waals surface area contributed by atoms with Crippen molar-refractivity contribution < 1.29 is 58.2 Å². The summed E-state index contributed by atoms with van der Waals surface area (Å²) in [5, 5.41) is 31.4. The highest BCUT2D eigenvalue weighted by atomic mass is 16.7. The summed E-state index contributed by atoms with van der Waals surface area (Å²) in [6.07, 6.45) is 48.8. The van der Waals surface area contributed by atoms with Gasteiger partial charge in [0, 0.05) is 19.3 Å². The van der Waals surface area contributed by atoms with E-state index in [9.17, 15) is 34.5 Å². The van der Waals surface area contributed by atoms with E-state index in [2.05, 4.69) is 93.7 Å². The molecule has 6 unspecified atom stereocenters. The maximum Gasteiger partial charge on any atom is 0.335 e. The van der Waals surface area contributed by atoms with Crippen LogP contribution in [-0.2, 0) is 42.9 Å². The summed E-state index contributed by atoms with van der Waals surface area (Å²) in [6, 6.07) is 0. The van der Waals surface area contributed by atoms with Gasteiger partial charge in [0.15, 0.2) is 24.6 Å². The smallest absolute Gasteiger partial charge is 0.335 e. The Labute approximate surface area is 442 Å². The first-order valence-electron chi connectivity index (χ1n) is 28.9. The molecule has 12 nitrogen and oxygen atoms in total. The average Bonchev–Trinajstić information content (AvgIpc) is 3.37. The van der Waals surface area contributed by atoms with Crippen LogP contribution in [0.5, 0.6) is 0 Å². The Hall–Kier alpha value is -3.84. The van der Waals surface area contributed by atoms with E-state index in [1.54, 1.807) is 0 Å². The second-order valence-electron chi connectivity index (χ2n) is 19.5. The fourth-order valence-electron chi connectivity index (χ4n) is 8.33. The summed E-state index contributed by atoms with van der Waals surface area (Å²) in [4.78, 5) is 51.0. The SMILES string of the molecule is CC/C=C\C/C=C\C/C=C\CCCCCC(=O)OC(COC(=O)CCCCCCCC/C=C\C/C=C\C/C=C\CCCCC)COC1OC(C(=O)O)C(O)C(O)C1OC(=O)CCCCCCCCCCCCC. The number of hydrogen-bond acceptors (Lipinski definition) is 11. The number of aliphatic hydroxyl groups is 2. The quantitative estimate of drug-likeness (QED) is 0.0228. The van der Waals surface area contributed by atoms with Gasteiger partial charge in [0.1, 0.15) is 18.8 Å². The van der Waals surface area contributed by atoms with Crippen molar-refractivity contribution in [2.24, 2.45) is 0 Å². The van der Waals surface area contributed by atoms with Crippen molar-refractivity contribution in [1.29, 1.82) is 0 Å². The number of unbranched alkanes of at least 4 members (excludes halogenated alkanes) is 22. The molecule has 0 aromatic carbocycles. The second kappa shape index (κ2) is 49.1. The number of aliphatic hydroxyl groups excluding tert-OH is 2. The van der Waals surface area contributed by atoms with Gasteiger partial charge in [-0.25, -0.2) is 4.79 Å². The Balaban J connectivity index is 2.70. The van der Waals surface area contributed by atoms with Crippen LogP contribution in [0.1, 0.15) is 239 Å². The maximum absolute atomic E-state index is 13.1. The zero-order valence-electron chi connectivity index (χ0n) is 45.9. The molecule has 0 radical (unpaired) electrons. The number of carboxylic acids is 1. The molecule has 0 amide bonds. The van der Waals surface area contributed by atoms with E-state index in [0.29, 0.717) is 19.3 Å². The van der Waals surface area contributed by atoms with Crippen LogP contribution in [0.25, 0.3) is 0 Å². The molecule has 73 heavy (non-hydrogen) atoms. The molecule has 1 fully saturated rings. The van der Waals surface area contributed by atoms with Crippen LogP contribution in [0.4, 0.5) is 0 Å². The summed E-state index contributed by atoms with van der Waals surface area (Å²) < 4.78 is 28.3. The molecule has 0 aromatic rings. The second-order valence-corrected chi connectivity index (χ2v) is 19.5. The normalized spacial score (nSPS) is 18.8. The molecule has 0 aromatic heterocycles. The minimum atomic E-state index is -1.91. The van der Waals surface area contributed by atoms with Crippen LogP contribution in [-0.4, -0.2) is 89.2 Å². The molecule has 1 heterocycles. The fraction of sp³-hybridized carbons (Fsp3) is 0.738. The molecule has 1 aliphatic rings. The molecule has 3 N–H and O–H groups in total. The van der Waals surface area contributed by atoms with Crippen LogP contribution in [0.3, 0.4) is 0 Å². The van der Waals surface area contributed by atoms with Gasteiger partial charge in [-0.2, -0.15) is 0 Å². The van der Waals surface area contributed by atoms with Crippen molar-refractivity contribution in [3.05, 3.63) is 72.9 Å². The molecule has 0 bridgehead atoms. The summed E-state index contributed by atoms with van der Waals surface area (Å²) in [5.74, 6) is -3.17. The van der Waals surface area contributed by atoms with Gasteiger partial charge >= 0.3 is 23.9 Å². The van der Waals surface area contributed by atoms with Gasteiger partial charge in [-0.05, 0) is 89.9 Å². The summed E-state index contributed by atoms with van der Waals surface area (Å²) in [5.41, 5.74) is 0. The molecular weight excluding hydrogens is 925 g/mol. The Morgan fingerprint density at radius 3 is 1.36 bits per heavy atom. The van der Waals surface area contributed by atoms with Gasteiger partial charge in [-0.15, -0.1) is 0 Å². The molecule has 12 heteroatoms. The van der Waals surface area contributed by atoms with E-state index in [-0.39, 0.29) is 25.9 Å². The minimum absolute atomic E-state index is 0.0558. The molecule has 0 aliphatic carbocycles. The van der Waals surface area contributed by atoms with Crippen LogP contribution in [0.2, 0.25) is 0 Å². The topological polar surface area (TPSA) is 175 Å². The van der Waals surface area contributed by atoms with Crippen LogP contribution >= 0.6 is 0 Å². The first-order chi connectivity index (χ1) is 35.6. The number of hydrogen-bond donors (Lipinski definition) is 3. The molecule has 418 valence electrons. The Bertz CT molecular complexity index is 1550. The number of ether oxygens (including phenoxy) is 5. The average molecular weight is 1030 g/mol. The highest BCUT2D eigenvalue weighted by molar-refractivity contribution is 5.74. The number of rotatable bonds is 48.